The number of alkyl halides is 6. The predicted octanol–water partition coefficient (Wildman–Crippen LogP) is 5.45. The molecule has 0 aliphatic carbocycles. The lowest BCUT2D eigenvalue weighted by atomic mass is 10.0. The van der Waals surface area contributed by atoms with Crippen LogP contribution in [0.25, 0.3) is 0 Å². The van der Waals surface area contributed by atoms with Crippen molar-refractivity contribution in [2.45, 2.75) is 44.2 Å². The molecule has 15 heteroatoms. The van der Waals surface area contributed by atoms with Gasteiger partial charge < -0.3 is 14.5 Å². The van der Waals surface area contributed by atoms with Gasteiger partial charge in [0.15, 0.2) is 6.61 Å². The fourth-order valence-electron chi connectivity index (χ4n) is 4.42. The smallest absolute Gasteiger partial charge is 0.319 e. The van der Waals surface area contributed by atoms with E-state index < -0.39 is 31.9 Å². The number of hydrogen-bond donors (Lipinski definition) is 0. The van der Waals surface area contributed by atoms with E-state index in [2.05, 4.69) is 37.8 Å². The van der Waals surface area contributed by atoms with Crippen LogP contribution in [0.5, 0.6) is 0 Å². The van der Waals surface area contributed by atoms with Gasteiger partial charge in [0.05, 0.1) is 35.7 Å². The molecule has 0 radical (unpaired) electrons. The number of likely N-dealkylation sites (tertiary alicyclic amines) is 1. The predicted molar refractivity (Wildman–Crippen MR) is 147 cm³/mol. The Bertz CT molecular complexity index is 1200. The second-order valence-electron chi connectivity index (χ2n) is 9.33. The molecule has 1 aliphatic rings. The van der Waals surface area contributed by atoms with Crippen LogP contribution in [0, 0.1) is 0 Å². The summed E-state index contributed by atoms with van der Waals surface area (Å²) < 4.78 is 83.1. The average molecular weight is 651 g/mol. The van der Waals surface area contributed by atoms with E-state index in [0.717, 1.165) is 4.47 Å². The number of amides is 1. The number of rotatable bonds is 13. The third-order valence-corrected chi connectivity index (χ3v) is 7.02. The standard InChI is InChI=1S/C26H29BrF6N6O2/c1-34-36-24(41-14-23(28)29)17-3-5-19(35-12-17)13-39(16-40)21-6-4-18(27)11-22(21)37(2)20-7-9-38(10-8-20)15-26(32,33)25(30)31/h3-6,11-12,16,20,23,25H,1,7-10,13-15H2,2H3/b36-24-. The van der Waals surface area contributed by atoms with E-state index in [4.69, 9.17) is 4.74 Å². The molecule has 0 spiro atoms. The molecule has 0 bridgehead atoms. The largest absolute Gasteiger partial charge is 0.470 e. The van der Waals surface area contributed by atoms with Crippen molar-refractivity contribution >= 4 is 46.3 Å². The molecule has 1 fully saturated rings. The second kappa shape index (κ2) is 14.6. The van der Waals surface area contributed by atoms with E-state index in [1.54, 1.807) is 24.3 Å². The van der Waals surface area contributed by atoms with Crippen LogP contribution in [0.3, 0.4) is 0 Å². The summed E-state index contributed by atoms with van der Waals surface area (Å²) in [4.78, 5) is 21.2. The van der Waals surface area contributed by atoms with Gasteiger partial charge in [-0.2, -0.15) is 13.9 Å². The van der Waals surface area contributed by atoms with E-state index in [0.29, 0.717) is 41.9 Å². The monoisotopic (exact) mass is 650 g/mol. The Morgan fingerprint density at radius 2 is 1.93 bits per heavy atom. The topological polar surface area (TPSA) is 73.6 Å². The minimum absolute atomic E-state index is 0.0669. The van der Waals surface area contributed by atoms with Gasteiger partial charge in [0.25, 0.3) is 6.43 Å². The van der Waals surface area contributed by atoms with Crippen LogP contribution < -0.4 is 9.80 Å². The van der Waals surface area contributed by atoms with Crippen molar-refractivity contribution in [1.29, 1.82) is 0 Å². The van der Waals surface area contributed by atoms with Crippen LogP contribution in [0.1, 0.15) is 24.1 Å². The molecule has 1 aromatic carbocycles. The van der Waals surface area contributed by atoms with Gasteiger partial charge in [-0.05, 0) is 43.2 Å². The van der Waals surface area contributed by atoms with Crippen molar-refractivity contribution in [3.63, 3.8) is 0 Å². The van der Waals surface area contributed by atoms with Crippen LogP contribution >= 0.6 is 15.9 Å². The highest BCUT2D eigenvalue weighted by Gasteiger charge is 2.43. The highest BCUT2D eigenvalue weighted by atomic mass is 79.9. The highest BCUT2D eigenvalue weighted by molar-refractivity contribution is 9.10. The molecule has 2 heterocycles. The summed E-state index contributed by atoms with van der Waals surface area (Å²) >= 11 is 3.45. The Morgan fingerprint density at radius 1 is 1.22 bits per heavy atom. The fourth-order valence-corrected chi connectivity index (χ4v) is 4.77. The lowest BCUT2D eigenvalue weighted by Gasteiger charge is -2.39. The molecule has 1 saturated heterocycles. The quantitative estimate of drug-likeness (QED) is 0.0948. The molecular weight excluding hydrogens is 622 g/mol. The number of halogens is 7. The number of aromatic nitrogens is 1. The molecule has 1 amide bonds. The highest BCUT2D eigenvalue weighted by Crippen LogP contribution is 2.35. The number of carbonyl (C=O) groups excluding carboxylic acids is 1. The maximum atomic E-state index is 13.5. The van der Waals surface area contributed by atoms with Gasteiger partial charge in [0.2, 0.25) is 12.3 Å². The molecule has 2 aromatic rings. The van der Waals surface area contributed by atoms with Crippen molar-refractivity contribution < 1.29 is 35.9 Å². The second-order valence-corrected chi connectivity index (χ2v) is 10.2. The van der Waals surface area contributed by atoms with Crippen LogP contribution in [0.15, 0.2) is 51.2 Å². The first-order valence-corrected chi connectivity index (χ1v) is 13.3. The summed E-state index contributed by atoms with van der Waals surface area (Å²) in [5, 5.41) is 6.94. The van der Waals surface area contributed by atoms with Crippen molar-refractivity contribution in [1.82, 2.24) is 9.88 Å². The third kappa shape index (κ3) is 8.89. The van der Waals surface area contributed by atoms with E-state index in [9.17, 15) is 31.1 Å². The number of piperidine rings is 1. The first kappa shape index (κ1) is 32.3. The summed E-state index contributed by atoms with van der Waals surface area (Å²) in [5.41, 5.74) is 2.01. The van der Waals surface area contributed by atoms with Gasteiger partial charge in [-0.25, -0.2) is 17.6 Å². The number of carbonyl (C=O) groups is 1. The Morgan fingerprint density at radius 3 is 2.49 bits per heavy atom. The zero-order valence-electron chi connectivity index (χ0n) is 22.1. The number of pyridine rings is 1. The number of hydrogen-bond acceptors (Lipinski definition) is 7. The van der Waals surface area contributed by atoms with E-state index in [1.807, 2.05) is 18.0 Å². The van der Waals surface area contributed by atoms with Crippen LogP contribution in [-0.4, -0.2) is 87.0 Å². The Balaban J connectivity index is 1.74. The molecular formula is C26H29BrF6N6O2. The van der Waals surface area contributed by atoms with Gasteiger partial charge in [-0.15, -0.1) is 5.10 Å². The van der Waals surface area contributed by atoms with Crippen LogP contribution in [-0.2, 0) is 16.1 Å². The summed E-state index contributed by atoms with van der Waals surface area (Å²) in [5.74, 6) is -4.24. The van der Waals surface area contributed by atoms with E-state index in [1.165, 1.54) is 16.0 Å². The summed E-state index contributed by atoms with van der Waals surface area (Å²) in [7, 11) is 1.82. The lowest BCUT2D eigenvalue weighted by molar-refractivity contribution is -0.143. The van der Waals surface area contributed by atoms with Crippen molar-refractivity contribution in [3.05, 3.63) is 52.3 Å². The fraction of sp³-hybridized carbons (Fsp3) is 0.462. The molecule has 1 aromatic heterocycles. The minimum atomic E-state index is -4.07. The Kier molecular flexibility index (Phi) is 11.5. The maximum absolute atomic E-state index is 13.5. The van der Waals surface area contributed by atoms with Gasteiger partial charge in [0, 0.05) is 43.6 Å². The van der Waals surface area contributed by atoms with Gasteiger partial charge in [-0.3, -0.25) is 14.7 Å². The molecule has 41 heavy (non-hydrogen) atoms. The first-order valence-electron chi connectivity index (χ1n) is 12.5. The number of anilines is 2. The lowest BCUT2D eigenvalue weighted by Crippen LogP contribution is -2.49. The summed E-state index contributed by atoms with van der Waals surface area (Å²) in [6, 6.07) is 8.38. The van der Waals surface area contributed by atoms with E-state index >= 15 is 0 Å². The number of nitrogens with zero attached hydrogens (tertiary/aromatic N) is 6. The molecule has 0 atom stereocenters. The van der Waals surface area contributed by atoms with Gasteiger partial charge in [0.1, 0.15) is 0 Å². The Labute approximate surface area is 241 Å². The van der Waals surface area contributed by atoms with Crippen molar-refractivity contribution in [3.8, 4) is 0 Å². The molecule has 0 unspecified atom stereocenters. The normalized spacial score (nSPS) is 15.3. The summed E-state index contributed by atoms with van der Waals surface area (Å²) in [6.45, 7) is 1.84. The molecule has 3 rings (SSSR count). The maximum Gasteiger partial charge on any atom is 0.319 e. The third-order valence-electron chi connectivity index (χ3n) is 6.52. The van der Waals surface area contributed by atoms with Crippen LogP contribution in [0.4, 0.5) is 37.7 Å². The molecule has 1 aliphatic heterocycles. The van der Waals surface area contributed by atoms with Crippen LogP contribution in [0.2, 0.25) is 0 Å². The van der Waals surface area contributed by atoms with E-state index in [-0.39, 0.29) is 31.6 Å². The molecule has 0 saturated carbocycles. The summed E-state index contributed by atoms with van der Waals surface area (Å²) in [6.07, 6.45) is -3.50. The molecule has 224 valence electrons. The first-order chi connectivity index (χ1) is 19.4. The zero-order valence-corrected chi connectivity index (χ0v) is 23.7. The SMILES string of the molecule is C=N/N=C(\OCC(F)F)c1ccc(CN(C=O)c2ccc(Br)cc2N(C)C2CCN(CC(F)(F)C(F)F)CC2)nc1. The zero-order chi connectivity index (χ0) is 30.2. The van der Waals surface area contributed by atoms with Gasteiger partial charge in [-0.1, -0.05) is 15.9 Å². The Hall–Kier alpha value is -3.20. The average Bonchev–Trinajstić information content (AvgIpc) is 2.94. The minimum Gasteiger partial charge on any atom is -0.470 e. The van der Waals surface area contributed by atoms with Crippen molar-refractivity contribution in [2.75, 3.05) is 43.1 Å². The van der Waals surface area contributed by atoms with Crippen molar-refractivity contribution in [2.24, 2.45) is 10.2 Å². The number of benzene rings is 1. The number of ether oxygens (including phenoxy) is 1. The molecule has 0 N–H and O–H groups in total. The van der Waals surface area contributed by atoms with Gasteiger partial charge >= 0.3 is 12.3 Å². The molecule has 8 nitrogen and oxygen atoms in total.